The predicted octanol–water partition coefficient (Wildman–Crippen LogP) is 3.22. The third kappa shape index (κ3) is 3.19. The zero-order valence-corrected chi connectivity index (χ0v) is 10.8. The standard InChI is InChI=1S/C12H18N2O2S/c1-12(5-3-2-4-6-12)8-13-11-14-9(7-17-11)10(15)16/h7H,2-6,8H2,1H3,(H,13,14)(H,15,16). The van der Waals surface area contributed by atoms with E-state index in [1.54, 1.807) is 5.38 Å². The number of carboxylic acid groups (broad SMARTS) is 1. The molecule has 0 unspecified atom stereocenters. The molecule has 0 saturated heterocycles. The molecule has 0 spiro atoms. The molecule has 1 aromatic heterocycles. The summed E-state index contributed by atoms with van der Waals surface area (Å²) in [5, 5.41) is 14.4. The summed E-state index contributed by atoms with van der Waals surface area (Å²) in [7, 11) is 0. The third-order valence-electron chi connectivity index (χ3n) is 3.45. The summed E-state index contributed by atoms with van der Waals surface area (Å²) >= 11 is 1.36. The maximum absolute atomic E-state index is 10.7. The number of carboxylic acids is 1. The SMILES string of the molecule is CC1(CNc2nc(C(=O)O)cs2)CCCCC1. The maximum Gasteiger partial charge on any atom is 0.355 e. The molecular formula is C12H18N2O2S. The summed E-state index contributed by atoms with van der Waals surface area (Å²) in [6.07, 6.45) is 6.44. The molecule has 1 aliphatic rings. The smallest absolute Gasteiger partial charge is 0.355 e. The summed E-state index contributed by atoms with van der Waals surface area (Å²) < 4.78 is 0. The number of anilines is 1. The Morgan fingerprint density at radius 1 is 1.53 bits per heavy atom. The van der Waals surface area contributed by atoms with Crippen molar-refractivity contribution in [2.24, 2.45) is 5.41 Å². The molecule has 0 atom stereocenters. The van der Waals surface area contributed by atoms with Crippen molar-refractivity contribution < 1.29 is 9.90 Å². The molecule has 0 amide bonds. The Bertz CT molecular complexity index is 397. The van der Waals surface area contributed by atoms with Crippen LogP contribution in [-0.2, 0) is 0 Å². The molecule has 17 heavy (non-hydrogen) atoms. The van der Waals surface area contributed by atoms with Crippen LogP contribution in [-0.4, -0.2) is 22.6 Å². The van der Waals surface area contributed by atoms with Gasteiger partial charge in [-0.05, 0) is 18.3 Å². The summed E-state index contributed by atoms with van der Waals surface area (Å²) in [6, 6.07) is 0. The molecule has 0 aliphatic heterocycles. The quantitative estimate of drug-likeness (QED) is 0.866. The molecule has 94 valence electrons. The molecular weight excluding hydrogens is 236 g/mol. The fourth-order valence-corrected chi connectivity index (χ4v) is 3.01. The van der Waals surface area contributed by atoms with Gasteiger partial charge < -0.3 is 10.4 Å². The van der Waals surface area contributed by atoms with E-state index in [9.17, 15) is 4.79 Å². The van der Waals surface area contributed by atoms with E-state index >= 15 is 0 Å². The van der Waals surface area contributed by atoms with Crippen LogP contribution in [0, 0.1) is 5.41 Å². The van der Waals surface area contributed by atoms with Crippen molar-refractivity contribution in [1.82, 2.24) is 4.98 Å². The van der Waals surface area contributed by atoms with Crippen molar-refractivity contribution in [3.05, 3.63) is 11.1 Å². The second kappa shape index (κ2) is 5.04. The minimum atomic E-state index is -0.960. The molecule has 1 saturated carbocycles. The highest BCUT2D eigenvalue weighted by atomic mass is 32.1. The first-order valence-electron chi connectivity index (χ1n) is 6.02. The van der Waals surface area contributed by atoms with Gasteiger partial charge in [-0.1, -0.05) is 26.2 Å². The number of aromatic carboxylic acids is 1. The predicted molar refractivity (Wildman–Crippen MR) is 68.8 cm³/mol. The Kier molecular flexibility index (Phi) is 3.66. The number of nitrogens with zero attached hydrogens (tertiary/aromatic N) is 1. The van der Waals surface area contributed by atoms with Gasteiger partial charge in [-0.25, -0.2) is 9.78 Å². The van der Waals surface area contributed by atoms with Crippen molar-refractivity contribution in [3.63, 3.8) is 0 Å². The lowest BCUT2D eigenvalue weighted by Gasteiger charge is -2.33. The number of aromatic nitrogens is 1. The van der Waals surface area contributed by atoms with Gasteiger partial charge in [0.05, 0.1) is 0 Å². The zero-order chi connectivity index (χ0) is 12.3. The van der Waals surface area contributed by atoms with Crippen LogP contribution in [0.15, 0.2) is 5.38 Å². The van der Waals surface area contributed by atoms with Crippen molar-refractivity contribution in [3.8, 4) is 0 Å². The Morgan fingerprint density at radius 3 is 2.82 bits per heavy atom. The first-order valence-corrected chi connectivity index (χ1v) is 6.90. The fourth-order valence-electron chi connectivity index (χ4n) is 2.32. The molecule has 2 rings (SSSR count). The van der Waals surface area contributed by atoms with Gasteiger partial charge in [-0.2, -0.15) is 0 Å². The Balaban J connectivity index is 1.90. The molecule has 1 fully saturated rings. The van der Waals surface area contributed by atoms with E-state index < -0.39 is 5.97 Å². The van der Waals surface area contributed by atoms with Gasteiger partial charge in [0, 0.05) is 11.9 Å². The highest BCUT2D eigenvalue weighted by Crippen LogP contribution is 2.35. The van der Waals surface area contributed by atoms with E-state index in [4.69, 9.17) is 5.11 Å². The molecule has 0 bridgehead atoms. The molecule has 4 nitrogen and oxygen atoms in total. The molecule has 0 radical (unpaired) electrons. The Morgan fingerprint density at radius 2 is 2.24 bits per heavy atom. The normalized spacial score (nSPS) is 18.9. The second-order valence-electron chi connectivity index (χ2n) is 5.07. The average Bonchev–Trinajstić information content (AvgIpc) is 2.76. The van der Waals surface area contributed by atoms with Gasteiger partial charge in [0.25, 0.3) is 0 Å². The summed E-state index contributed by atoms with van der Waals surface area (Å²) in [5.41, 5.74) is 0.471. The number of hydrogen-bond donors (Lipinski definition) is 2. The van der Waals surface area contributed by atoms with Crippen LogP contribution >= 0.6 is 11.3 Å². The van der Waals surface area contributed by atoms with Crippen molar-refractivity contribution in [1.29, 1.82) is 0 Å². The topological polar surface area (TPSA) is 62.2 Å². The van der Waals surface area contributed by atoms with Crippen molar-refractivity contribution >= 4 is 22.4 Å². The summed E-state index contributed by atoms with van der Waals surface area (Å²) in [6.45, 7) is 3.18. The van der Waals surface area contributed by atoms with E-state index in [0.717, 1.165) is 6.54 Å². The van der Waals surface area contributed by atoms with Crippen molar-refractivity contribution in [2.75, 3.05) is 11.9 Å². The molecule has 5 heteroatoms. The average molecular weight is 254 g/mol. The maximum atomic E-state index is 10.7. The molecule has 0 aromatic carbocycles. The fraction of sp³-hybridized carbons (Fsp3) is 0.667. The van der Waals surface area contributed by atoms with E-state index in [1.807, 2.05) is 0 Å². The van der Waals surface area contributed by atoms with Crippen LogP contribution in [0.4, 0.5) is 5.13 Å². The first kappa shape index (κ1) is 12.4. The lowest BCUT2D eigenvalue weighted by Crippen LogP contribution is -2.28. The van der Waals surface area contributed by atoms with Gasteiger partial charge in [0.1, 0.15) is 0 Å². The van der Waals surface area contributed by atoms with Crippen LogP contribution < -0.4 is 5.32 Å². The van der Waals surface area contributed by atoms with E-state index in [1.165, 1.54) is 43.4 Å². The molecule has 2 N–H and O–H groups in total. The summed E-state index contributed by atoms with van der Waals surface area (Å²) in [4.78, 5) is 14.7. The molecule has 1 aromatic rings. The van der Waals surface area contributed by atoms with Crippen LogP contribution in [0.2, 0.25) is 0 Å². The molecule has 1 heterocycles. The van der Waals surface area contributed by atoms with Crippen LogP contribution in [0.3, 0.4) is 0 Å². The Labute approximate surface area is 105 Å². The van der Waals surface area contributed by atoms with Gasteiger partial charge in [0.2, 0.25) is 0 Å². The van der Waals surface area contributed by atoms with Gasteiger partial charge in [0.15, 0.2) is 10.8 Å². The van der Waals surface area contributed by atoms with Gasteiger partial charge in [-0.15, -0.1) is 11.3 Å². The minimum absolute atomic E-state index is 0.131. The zero-order valence-electron chi connectivity index (χ0n) is 10.0. The summed E-state index contributed by atoms with van der Waals surface area (Å²) in [5.74, 6) is -0.960. The van der Waals surface area contributed by atoms with E-state index in [-0.39, 0.29) is 5.69 Å². The number of hydrogen-bond acceptors (Lipinski definition) is 4. The number of nitrogens with one attached hydrogen (secondary N) is 1. The lowest BCUT2D eigenvalue weighted by atomic mass is 9.76. The minimum Gasteiger partial charge on any atom is -0.476 e. The van der Waals surface area contributed by atoms with Gasteiger partial charge >= 0.3 is 5.97 Å². The van der Waals surface area contributed by atoms with E-state index in [2.05, 4.69) is 17.2 Å². The highest BCUT2D eigenvalue weighted by Gasteiger charge is 2.26. The van der Waals surface area contributed by atoms with Crippen molar-refractivity contribution in [2.45, 2.75) is 39.0 Å². The van der Waals surface area contributed by atoms with E-state index in [0.29, 0.717) is 10.5 Å². The van der Waals surface area contributed by atoms with Crippen LogP contribution in [0.5, 0.6) is 0 Å². The van der Waals surface area contributed by atoms with Crippen LogP contribution in [0.25, 0.3) is 0 Å². The third-order valence-corrected chi connectivity index (χ3v) is 4.25. The largest absolute Gasteiger partial charge is 0.476 e. The van der Waals surface area contributed by atoms with Crippen LogP contribution in [0.1, 0.15) is 49.5 Å². The molecule has 1 aliphatic carbocycles. The number of rotatable bonds is 4. The number of thiazole rings is 1. The lowest BCUT2D eigenvalue weighted by molar-refractivity contribution is 0.0691. The van der Waals surface area contributed by atoms with Gasteiger partial charge in [-0.3, -0.25) is 0 Å². The first-order chi connectivity index (χ1) is 8.09. The highest BCUT2D eigenvalue weighted by molar-refractivity contribution is 7.13. The Hall–Kier alpha value is -1.10. The second-order valence-corrected chi connectivity index (χ2v) is 5.93. The monoisotopic (exact) mass is 254 g/mol. The number of carbonyl (C=O) groups is 1.